The molecule has 1 atom stereocenters. The fraction of sp³-hybridized carbons (Fsp3) is 0.267. The highest BCUT2D eigenvalue weighted by Crippen LogP contribution is 2.25. The number of nitrogens with one attached hydrogen (secondary N) is 1. The van der Waals surface area contributed by atoms with Crippen molar-refractivity contribution in [2.24, 2.45) is 0 Å². The first-order chi connectivity index (χ1) is 8.43. The van der Waals surface area contributed by atoms with E-state index >= 15 is 0 Å². The second-order valence-corrected chi connectivity index (χ2v) is 4.49. The van der Waals surface area contributed by atoms with Gasteiger partial charge >= 0.3 is 0 Å². The Kier molecular flexibility index (Phi) is 2.88. The molecular formula is C15H16N2. The molecule has 2 heteroatoms. The largest absolute Gasteiger partial charge is 0.310 e. The van der Waals surface area contributed by atoms with Crippen molar-refractivity contribution in [1.29, 1.82) is 0 Å². The first-order valence-electron chi connectivity index (χ1n) is 6.18. The first kappa shape index (κ1) is 10.5. The molecule has 0 bridgehead atoms. The molecule has 1 saturated heterocycles. The van der Waals surface area contributed by atoms with Gasteiger partial charge in [-0.3, -0.25) is 4.98 Å². The van der Waals surface area contributed by atoms with Crippen molar-refractivity contribution in [2.45, 2.75) is 18.9 Å². The third kappa shape index (κ3) is 2.22. The molecule has 0 saturated carbocycles. The van der Waals surface area contributed by atoms with Crippen molar-refractivity contribution in [3.63, 3.8) is 0 Å². The molecule has 0 radical (unpaired) electrons. The highest BCUT2D eigenvalue weighted by molar-refractivity contribution is 5.59. The summed E-state index contributed by atoms with van der Waals surface area (Å²) in [6, 6.07) is 15.3. The number of hydrogen-bond acceptors (Lipinski definition) is 2. The molecule has 0 amide bonds. The van der Waals surface area contributed by atoms with E-state index in [0.29, 0.717) is 6.04 Å². The Labute approximate surface area is 102 Å². The van der Waals surface area contributed by atoms with E-state index in [4.69, 9.17) is 0 Å². The van der Waals surface area contributed by atoms with Crippen molar-refractivity contribution >= 4 is 0 Å². The van der Waals surface area contributed by atoms with Gasteiger partial charge in [0.1, 0.15) is 0 Å². The van der Waals surface area contributed by atoms with E-state index in [2.05, 4.69) is 34.6 Å². The van der Waals surface area contributed by atoms with Gasteiger partial charge < -0.3 is 5.32 Å². The van der Waals surface area contributed by atoms with Gasteiger partial charge in [-0.1, -0.05) is 30.3 Å². The number of hydrogen-bond donors (Lipinski definition) is 1. The third-order valence-electron chi connectivity index (χ3n) is 3.33. The molecule has 1 aliphatic rings. The average Bonchev–Trinajstić information content (AvgIpc) is 2.94. The summed E-state index contributed by atoms with van der Waals surface area (Å²) < 4.78 is 0. The zero-order valence-electron chi connectivity index (χ0n) is 9.76. The molecule has 1 aromatic heterocycles. The Morgan fingerprint density at radius 3 is 2.59 bits per heavy atom. The third-order valence-corrected chi connectivity index (χ3v) is 3.33. The summed E-state index contributed by atoms with van der Waals surface area (Å²) in [5.41, 5.74) is 3.62. The molecule has 86 valence electrons. The van der Waals surface area contributed by atoms with Gasteiger partial charge in [0.15, 0.2) is 0 Å². The zero-order chi connectivity index (χ0) is 11.5. The van der Waals surface area contributed by atoms with E-state index < -0.39 is 0 Å². The Bertz CT molecular complexity index is 470. The lowest BCUT2D eigenvalue weighted by atomic mass is 10.0. The minimum atomic E-state index is 0.549. The molecular weight excluding hydrogens is 208 g/mol. The van der Waals surface area contributed by atoms with Crippen LogP contribution in [0, 0.1) is 0 Å². The van der Waals surface area contributed by atoms with E-state index in [-0.39, 0.29) is 0 Å². The molecule has 1 fully saturated rings. The number of aromatic nitrogens is 1. The lowest BCUT2D eigenvalue weighted by molar-refractivity contribution is 0.648. The number of pyridine rings is 1. The topological polar surface area (TPSA) is 24.9 Å². The summed E-state index contributed by atoms with van der Waals surface area (Å²) in [6.45, 7) is 1.15. The van der Waals surface area contributed by atoms with Crippen LogP contribution in [0.4, 0.5) is 0 Å². The van der Waals surface area contributed by atoms with E-state index in [1.807, 2.05) is 24.4 Å². The average molecular weight is 224 g/mol. The molecule has 2 heterocycles. The van der Waals surface area contributed by atoms with Gasteiger partial charge in [-0.25, -0.2) is 0 Å². The number of nitrogens with zero attached hydrogens (tertiary/aromatic N) is 1. The van der Waals surface area contributed by atoms with Crippen LogP contribution in [0.15, 0.2) is 48.7 Å². The van der Waals surface area contributed by atoms with Crippen LogP contribution in [-0.2, 0) is 0 Å². The highest BCUT2D eigenvalue weighted by Gasteiger charge is 2.15. The minimum Gasteiger partial charge on any atom is -0.310 e. The summed E-state index contributed by atoms with van der Waals surface area (Å²) in [4.78, 5) is 4.36. The van der Waals surface area contributed by atoms with Crippen molar-refractivity contribution in [1.82, 2.24) is 10.3 Å². The predicted molar refractivity (Wildman–Crippen MR) is 69.7 cm³/mol. The van der Waals surface area contributed by atoms with Gasteiger partial charge in [0.2, 0.25) is 0 Å². The van der Waals surface area contributed by atoms with Gasteiger partial charge in [-0.05, 0) is 37.1 Å². The fourth-order valence-corrected chi connectivity index (χ4v) is 2.39. The molecule has 2 nitrogen and oxygen atoms in total. The fourth-order valence-electron chi connectivity index (χ4n) is 2.39. The number of rotatable bonds is 2. The maximum absolute atomic E-state index is 4.36. The zero-order valence-corrected chi connectivity index (χ0v) is 9.76. The minimum absolute atomic E-state index is 0.549. The Morgan fingerprint density at radius 2 is 1.94 bits per heavy atom. The van der Waals surface area contributed by atoms with E-state index in [1.54, 1.807) is 0 Å². The van der Waals surface area contributed by atoms with E-state index in [9.17, 15) is 0 Å². The second-order valence-electron chi connectivity index (χ2n) is 4.49. The standard InChI is InChI=1S/C15H16N2/c1-2-10-16-14(4-1)12-6-8-13(9-7-12)15-5-3-11-17-15/h1-2,4,6-10,15,17H,3,5,11H2/t15-/m1/s1. The summed E-state index contributed by atoms with van der Waals surface area (Å²) in [7, 11) is 0. The van der Waals surface area contributed by atoms with Crippen LogP contribution < -0.4 is 5.32 Å². The predicted octanol–water partition coefficient (Wildman–Crippen LogP) is 3.17. The maximum atomic E-state index is 4.36. The van der Waals surface area contributed by atoms with Gasteiger partial charge in [0.25, 0.3) is 0 Å². The lowest BCUT2D eigenvalue weighted by Crippen LogP contribution is -2.12. The molecule has 0 aliphatic carbocycles. The quantitative estimate of drug-likeness (QED) is 0.847. The van der Waals surface area contributed by atoms with Gasteiger partial charge in [-0.2, -0.15) is 0 Å². The van der Waals surface area contributed by atoms with Crippen molar-refractivity contribution in [2.75, 3.05) is 6.54 Å². The van der Waals surface area contributed by atoms with Gasteiger partial charge in [0, 0.05) is 17.8 Å². The van der Waals surface area contributed by atoms with E-state index in [1.165, 1.54) is 24.0 Å². The Morgan fingerprint density at radius 1 is 1.06 bits per heavy atom. The molecule has 17 heavy (non-hydrogen) atoms. The van der Waals surface area contributed by atoms with Crippen molar-refractivity contribution in [3.05, 3.63) is 54.2 Å². The molecule has 0 unspecified atom stereocenters. The second kappa shape index (κ2) is 4.68. The van der Waals surface area contributed by atoms with Crippen LogP contribution in [0.3, 0.4) is 0 Å². The molecule has 1 aliphatic heterocycles. The maximum Gasteiger partial charge on any atom is 0.0701 e. The normalized spacial score (nSPS) is 19.4. The van der Waals surface area contributed by atoms with Crippen LogP contribution in [0.2, 0.25) is 0 Å². The molecule has 3 rings (SSSR count). The van der Waals surface area contributed by atoms with Crippen LogP contribution in [-0.4, -0.2) is 11.5 Å². The lowest BCUT2D eigenvalue weighted by Gasteiger charge is -2.11. The summed E-state index contributed by atoms with van der Waals surface area (Å²) in [5.74, 6) is 0. The summed E-state index contributed by atoms with van der Waals surface area (Å²) >= 11 is 0. The smallest absolute Gasteiger partial charge is 0.0701 e. The van der Waals surface area contributed by atoms with Gasteiger partial charge in [0.05, 0.1) is 5.69 Å². The van der Waals surface area contributed by atoms with Crippen LogP contribution in [0.25, 0.3) is 11.3 Å². The number of benzene rings is 1. The first-order valence-corrected chi connectivity index (χ1v) is 6.18. The highest BCUT2D eigenvalue weighted by atomic mass is 14.9. The molecule has 1 aromatic carbocycles. The van der Waals surface area contributed by atoms with Crippen molar-refractivity contribution < 1.29 is 0 Å². The Balaban J connectivity index is 1.85. The molecule has 0 spiro atoms. The van der Waals surface area contributed by atoms with Crippen LogP contribution >= 0.6 is 0 Å². The van der Waals surface area contributed by atoms with Gasteiger partial charge in [-0.15, -0.1) is 0 Å². The van der Waals surface area contributed by atoms with Crippen molar-refractivity contribution in [3.8, 4) is 11.3 Å². The summed E-state index contributed by atoms with van der Waals surface area (Å²) in [6.07, 6.45) is 4.37. The van der Waals surface area contributed by atoms with E-state index in [0.717, 1.165) is 12.2 Å². The summed E-state index contributed by atoms with van der Waals surface area (Å²) in [5, 5.41) is 3.52. The monoisotopic (exact) mass is 224 g/mol. The Hall–Kier alpha value is -1.67. The molecule has 2 aromatic rings. The molecule has 1 N–H and O–H groups in total. The van der Waals surface area contributed by atoms with Crippen LogP contribution in [0.1, 0.15) is 24.4 Å². The van der Waals surface area contributed by atoms with Crippen LogP contribution in [0.5, 0.6) is 0 Å². The SMILES string of the molecule is c1ccc(-c2ccc([C@H]3CCCN3)cc2)nc1.